The summed E-state index contributed by atoms with van der Waals surface area (Å²) in [6, 6.07) is 9.34. The maximum absolute atomic E-state index is 12.9. The quantitative estimate of drug-likeness (QED) is 0.632. The number of allylic oxidation sites excluding steroid dienone is 2. The second-order valence-corrected chi connectivity index (χ2v) is 10.3. The molecule has 0 radical (unpaired) electrons. The fourth-order valence-corrected chi connectivity index (χ4v) is 5.33. The zero-order chi connectivity index (χ0) is 20.9. The van der Waals surface area contributed by atoms with E-state index in [-0.39, 0.29) is 10.3 Å². The van der Waals surface area contributed by atoms with Crippen LogP contribution in [0.3, 0.4) is 0 Å². The molecule has 1 fully saturated rings. The van der Waals surface area contributed by atoms with Crippen LogP contribution in [0.2, 0.25) is 0 Å². The van der Waals surface area contributed by atoms with Gasteiger partial charge in [-0.25, -0.2) is 8.42 Å². The van der Waals surface area contributed by atoms with E-state index >= 15 is 0 Å². The van der Waals surface area contributed by atoms with Crippen molar-refractivity contribution < 1.29 is 21.6 Å². The molecule has 4 rings (SSSR count). The summed E-state index contributed by atoms with van der Waals surface area (Å²) in [6.45, 7) is 0. The van der Waals surface area contributed by atoms with Crippen molar-refractivity contribution in [1.29, 1.82) is 0 Å². The number of benzene rings is 1. The highest BCUT2D eigenvalue weighted by Gasteiger charge is 2.41. The SMILES string of the molecule is CS(=O)(=O)c1ccc(C2=C(c3ccc(C(F)(F)F)nc3)CC3(CCCC3)C2)cc1. The highest BCUT2D eigenvalue weighted by molar-refractivity contribution is 7.90. The molecule has 2 aliphatic carbocycles. The van der Waals surface area contributed by atoms with Gasteiger partial charge in [0.15, 0.2) is 9.84 Å². The van der Waals surface area contributed by atoms with Crippen LogP contribution in [0.1, 0.15) is 55.3 Å². The smallest absolute Gasteiger partial charge is 0.251 e. The van der Waals surface area contributed by atoms with Gasteiger partial charge in [-0.1, -0.05) is 31.0 Å². The third-order valence-electron chi connectivity index (χ3n) is 6.17. The molecule has 2 aliphatic rings. The average molecular weight is 421 g/mol. The third kappa shape index (κ3) is 3.97. The number of rotatable bonds is 3. The van der Waals surface area contributed by atoms with Crippen LogP contribution in [0.25, 0.3) is 11.1 Å². The van der Waals surface area contributed by atoms with E-state index in [2.05, 4.69) is 4.98 Å². The number of alkyl halides is 3. The monoisotopic (exact) mass is 421 g/mol. The molecule has 0 atom stereocenters. The van der Waals surface area contributed by atoms with Crippen molar-refractivity contribution in [2.45, 2.75) is 49.6 Å². The van der Waals surface area contributed by atoms with E-state index in [1.165, 1.54) is 31.4 Å². The molecule has 1 spiro atoms. The molecule has 0 saturated heterocycles. The first kappa shape index (κ1) is 20.1. The van der Waals surface area contributed by atoms with E-state index in [0.29, 0.717) is 5.56 Å². The Bertz CT molecular complexity index is 1050. The minimum atomic E-state index is -4.46. The maximum Gasteiger partial charge on any atom is 0.433 e. The highest BCUT2D eigenvalue weighted by atomic mass is 32.2. The fourth-order valence-electron chi connectivity index (χ4n) is 4.70. The van der Waals surface area contributed by atoms with Gasteiger partial charge in [0, 0.05) is 12.5 Å². The van der Waals surface area contributed by atoms with Gasteiger partial charge in [0.05, 0.1) is 4.90 Å². The lowest BCUT2D eigenvalue weighted by Gasteiger charge is -2.23. The number of pyridine rings is 1. The molecule has 0 aliphatic heterocycles. The van der Waals surface area contributed by atoms with Gasteiger partial charge in [0.25, 0.3) is 0 Å². The Labute approximate surface area is 168 Å². The molecule has 1 aromatic heterocycles. The largest absolute Gasteiger partial charge is 0.433 e. The van der Waals surface area contributed by atoms with E-state index in [1.54, 1.807) is 24.3 Å². The van der Waals surface area contributed by atoms with Crippen molar-refractivity contribution in [3.63, 3.8) is 0 Å². The van der Waals surface area contributed by atoms with Gasteiger partial charge < -0.3 is 0 Å². The molecule has 0 amide bonds. The Morgan fingerprint density at radius 3 is 1.93 bits per heavy atom. The van der Waals surface area contributed by atoms with Gasteiger partial charge in [-0.05, 0) is 71.6 Å². The molecular weight excluding hydrogens is 399 g/mol. The molecule has 3 nitrogen and oxygen atoms in total. The van der Waals surface area contributed by atoms with Crippen molar-refractivity contribution in [3.8, 4) is 0 Å². The molecular formula is C22H22F3NO2S. The lowest BCUT2D eigenvalue weighted by Crippen LogP contribution is -2.11. The molecule has 7 heteroatoms. The van der Waals surface area contributed by atoms with E-state index in [4.69, 9.17) is 0 Å². The topological polar surface area (TPSA) is 47.0 Å². The van der Waals surface area contributed by atoms with Gasteiger partial charge in [-0.3, -0.25) is 4.98 Å². The summed E-state index contributed by atoms with van der Waals surface area (Å²) >= 11 is 0. The predicted molar refractivity (Wildman–Crippen MR) is 106 cm³/mol. The molecule has 0 N–H and O–H groups in total. The van der Waals surface area contributed by atoms with Crippen LogP contribution in [0.5, 0.6) is 0 Å². The van der Waals surface area contributed by atoms with Crippen LogP contribution >= 0.6 is 0 Å². The molecule has 0 bridgehead atoms. The summed E-state index contributed by atoms with van der Waals surface area (Å²) in [7, 11) is -3.28. The molecule has 1 heterocycles. The zero-order valence-electron chi connectivity index (χ0n) is 16.1. The van der Waals surface area contributed by atoms with Crippen LogP contribution in [0.4, 0.5) is 13.2 Å². The highest BCUT2D eigenvalue weighted by Crippen LogP contribution is 2.57. The summed E-state index contributed by atoms with van der Waals surface area (Å²) < 4.78 is 62.2. The summed E-state index contributed by atoms with van der Waals surface area (Å²) in [4.78, 5) is 3.90. The van der Waals surface area contributed by atoms with E-state index in [9.17, 15) is 21.6 Å². The number of nitrogens with zero attached hydrogens (tertiary/aromatic N) is 1. The molecule has 154 valence electrons. The number of aromatic nitrogens is 1. The summed E-state index contributed by atoms with van der Waals surface area (Å²) in [5.74, 6) is 0. The lowest BCUT2D eigenvalue weighted by molar-refractivity contribution is -0.141. The van der Waals surface area contributed by atoms with E-state index in [1.807, 2.05) is 0 Å². The second kappa shape index (κ2) is 6.97. The van der Waals surface area contributed by atoms with Crippen molar-refractivity contribution in [2.24, 2.45) is 5.41 Å². The minimum Gasteiger partial charge on any atom is -0.251 e. The summed E-state index contributed by atoms with van der Waals surface area (Å²) in [6.07, 6.45) is 4.26. The molecule has 1 aromatic carbocycles. The molecule has 0 unspecified atom stereocenters. The number of hydrogen-bond donors (Lipinski definition) is 0. The predicted octanol–water partition coefficient (Wildman–Crippen LogP) is 5.77. The van der Waals surface area contributed by atoms with Crippen LogP contribution in [0, 0.1) is 5.41 Å². The normalized spacial score (nSPS) is 19.3. The second-order valence-electron chi connectivity index (χ2n) is 8.24. The number of hydrogen-bond acceptors (Lipinski definition) is 3. The van der Waals surface area contributed by atoms with Gasteiger partial charge in [0.1, 0.15) is 5.69 Å². The first-order valence-electron chi connectivity index (χ1n) is 9.64. The lowest BCUT2D eigenvalue weighted by atomic mass is 9.81. The molecule has 1 saturated carbocycles. The Hall–Kier alpha value is -2.15. The first-order valence-corrected chi connectivity index (χ1v) is 11.5. The number of sulfone groups is 1. The Kier molecular flexibility index (Phi) is 4.84. The van der Waals surface area contributed by atoms with Gasteiger partial charge in [-0.15, -0.1) is 0 Å². The third-order valence-corrected chi connectivity index (χ3v) is 7.29. The number of halogens is 3. The fraction of sp³-hybridized carbons (Fsp3) is 0.409. The zero-order valence-corrected chi connectivity index (χ0v) is 16.9. The van der Waals surface area contributed by atoms with Crippen molar-refractivity contribution in [2.75, 3.05) is 6.26 Å². The Morgan fingerprint density at radius 2 is 1.45 bits per heavy atom. The van der Waals surface area contributed by atoms with Crippen molar-refractivity contribution in [3.05, 3.63) is 59.4 Å². The molecule has 29 heavy (non-hydrogen) atoms. The van der Waals surface area contributed by atoms with Crippen molar-refractivity contribution >= 4 is 21.0 Å². The maximum atomic E-state index is 12.9. The molecule has 2 aromatic rings. The summed E-state index contributed by atoms with van der Waals surface area (Å²) in [5.41, 5.74) is 3.02. The van der Waals surface area contributed by atoms with Crippen LogP contribution in [-0.2, 0) is 16.0 Å². The average Bonchev–Trinajstić information content (AvgIpc) is 3.28. The standard InChI is InChI=1S/C22H22F3NO2S/c1-29(27,28)17-7-4-15(5-8-17)18-12-21(10-2-3-11-21)13-19(18)16-6-9-20(26-14-16)22(23,24)25/h4-9,14H,2-3,10-13H2,1H3. The summed E-state index contributed by atoms with van der Waals surface area (Å²) in [5, 5.41) is 0. The van der Waals surface area contributed by atoms with Gasteiger partial charge in [-0.2, -0.15) is 13.2 Å². The Morgan fingerprint density at radius 1 is 0.897 bits per heavy atom. The van der Waals surface area contributed by atoms with E-state index < -0.39 is 21.7 Å². The van der Waals surface area contributed by atoms with Crippen LogP contribution in [0.15, 0.2) is 47.5 Å². The first-order chi connectivity index (χ1) is 13.6. The van der Waals surface area contributed by atoms with Crippen LogP contribution in [-0.4, -0.2) is 19.7 Å². The van der Waals surface area contributed by atoms with Crippen LogP contribution < -0.4 is 0 Å². The minimum absolute atomic E-state index is 0.156. The Balaban J connectivity index is 1.76. The van der Waals surface area contributed by atoms with E-state index in [0.717, 1.165) is 48.5 Å². The van der Waals surface area contributed by atoms with Crippen molar-refractivity contribution in [1.82, 2.24) is 4.98 Å². The van der Waals surface area contributed by atoms with Gasteiger partial charge >= 0.3 is 6.18 Å². The van der Waals surface area contributed by atoms with Gasteiger partial charge in [0.2, 0.25) is 0 Å².